The molecule has 0 aliphatic heterocycles. The number of hydrogen-bond donors (Lipinski definition) is 1. The van der Waals surface area contributed by atoms with E-state index < -0.39 is 29.2 Å². The van der Waals surface area contributed by atoms with Gasteiger partial charge in [-0.1, -0.05) is 15.9 Å². The molecule has 0 unspecified atom stereocenters. The highest BCUT2D eigenvalue weighted by atomic mass is 79.9. The Labute approximate surface area is 127 Å². The van der Waals surface area contributed by atoms with Gasteiger partial charge >= 0.3 is 12.1 Å². The van der Waals surface area contributed by atoms with Gasteiger partial charge in [0.05, 0.1) is 12.7 Å². The predicted octanol–water partition coefficient (Wildman–Crippen LogP) is 3.15. The molecular weight excluding hydrogens is 355 g/mol. The highest BCUT2D eigenvalue weighted by Gasteiger charge is 2.35. The Morgan fingerprint density at radius 1 is 1.24 bits per heavy atom. The fraction of sp³-hybridized carbons (Fsp3) is 0.385. The lowest BCUT2D eigenvalue weighted by molar-refractivity contribution is -0.146. The SMILES string of the molecule is COC(=O)C(C)(C)NC(=O)c1ccc(Br)c(C(F)(F)F)c1. The standard InChI is InChI=1S/C13H13BrF3NO3/c1-12(2,11(20)21-3)18-10(19)7-4-5-9(14)8(6-7)13(15,16)17/h4-6H,1-3H3,(H,18,19). The van der Waals surface area contributed by atoms with Gasteiger partial charge in [0.15, 0.2) is 0 Å². The average molecular weight is 368 g/mol. The summed E-state index contributed by atoms with van der Waals surface area (Å²) in [6, 6.07) is 3.07. The van der Waals surface area contributed by atoms with Crippen LogP contribution in [-0.4, -0.2) is 24.5 Å². The van der Waals surface area contributed by atoms with Gasteiger partial charge in [-0.25, -0.2) is 4.79 Å². The average Bonchev–Trinajstić information content (AvgIpc) is 2.36. The molecule has 0 radical (unpaired) electrons. The topological polar surface area (TPSA) is 55.4 Å². The number of carbonyl (C=O) groups excluding carboxylic acids is 2. The van der Waals surface area contributed by atoms with Crippen LogP contribution in [0, 0.1) is 0 Å². The van der Waals surface area contributed by atoms with Crippen molar-refractivity contribution in [3.05, 3.63) is 33.8 Å². The molecule has 0 atom stereocenters. The fourth-order valence-corrected chi connectivity index (χ4v) is 2.02. The number of esters is 1. The molecule has 1 amide bonds. The van der Waals surface area contributed by atoms with Gasteiger partial charge in [-0.3, -0.25) is 4.79 Å². The minimum Gasteiger partial charge on any atom is -0.467 e. The number of methoxy groups -OCH3 is 1. The number of alkyl halides is 3. The van der Waals surface area contributed by atoms with E-state index in [4.69, 9.17) is 0 Å². The maximum atomic E-state index is 12.8. The summed E-state index contributed by atoms with van der Waals surface area (Å²) in [5, 5.41) is 2.33. The van der Waals surface area contributed by atoms with Crippen LogP contribution in [0.3, 0.4) is 0 Å². The minimum atomic E-state index is -4.59. The summed E-state index contributed by atoms with van der Waals surface area (Å²) in [4.78, 5) is 23.4. The van der Waals surface area contributed by atoms with Gasteiger partial charge in [-0.05, 0) is 32.0 Å². The number of amides is 1. The van der Waals surface area contributed by atoms with E-state index in [2.05, 4.69) is 26.0 Å². The third-order valence-electron chi connectivity index (χ3n) is 2.66. The van der Waals surface area contributed by atoms with Gasteiger partial charge in [0.25, 0.3) is 5.91 Å². The number of ether oxygens (including phenoxy) is 1. The first-order valence-corrected chi connectivity index (χ1v) is 6.56. The summed E-state index contributed by atoms with van der Waals surface area (Å²) in [5.41, 5.74) is -2.52. The second kappa shape index (κ2) is 6.05. The monoisotopic (exact) mass is 367 g/mol. The molecule has 4 nitrogen and oxygen atoms in total. The Bertz CT molecular complexity index is 570. The lowest BCUT2D eigenvalue weighted by atomic mass is 10.0. The Morgan fingerprint density at radius 2 is 1.81 bits per heavy atom. The van der Waals surface area contributed by atoms with E-state index in [9.17, 15) is 22.8 Å². The highest BCUT2D eigenvalue weighted by molar-refractivity contribution is 9.10. The Hall–Kier alpha value is -1.57. The van der Waals surface area contributed by atoms with Crippen molar-refractivity contribution >= 4 is 27.8 Å². The van der Waals surface area contributed by atoms with Crippen molar-refractivity contribution in [2.75, 3.05) is 7.11 Å². The van der Waals surface area contributed by atoms with E-state index in [0.29, 0.717) is 6.07 Å². The third-order valence-corrected chi connectivity index (χ3v) is 3.35. The van der Waals surface area contributed by atoms with Crippen LogP contribution in [-0.2, 0) is 15.7 Å². The van der Waals surface area contributed by atoms with Crippen LogP contribution in [0.5, 0.6) is 0 Å². The second-order valence-corrected chi connectivity index (χ2v) is 5.62. The summed E-state index contributed by atoms with van der Waals surface area (Å²) >= 11 is 2.79. The minimum absolute atomic E-state index is 0.168. The van der Waals surface area contributed by atoms with Crippen molar-refractivity contribution < 1.29 is 27.5 Å². The zero-order valence-electron chi connectivity index (χ0n) is 11.5. The fourth-order valence-electron chi connectivity index (χ4n) is 1.55. The van der Waals surface area contributed by atoms with Crippen LogP contribution in [0.4, 0.5) is 13.2 Å². The van der Waals surface area contributed by atoms with Crippen LogP contribution in [0.15, 0.2) is 22.7 Å². The molecule has 0 heterocycles. The molecule has 0 aliphatic rings. The van der Waals surface area contributed by atoms with E-state index in [1.807, 2.05) is 0 Å². The van der Waals surface area contributed by atoms with Gasteiger partial charge in [0.2, 0.25) is 0 Å². The lowest BCUT2D eigenvalue weighted by Gasteiger charge is -2.23. The van der Waals surface area contributed by atoms with Crippen molar-refractivity contribution in [2.45, 2.75) is 25.6 Å². The number of hydrogen-bond acceptors (Lipinski definition) is 3. The molecule has 0 aliphatic carbocycles. The van der Waals surface area contributed by atoms with Gasteiger partial charge in [-0.15, -0.1) is 0 Å². The van der Waals surface area contributed by atoms with E-state index in [0.717, 1.165) is 13.2 Å². The van der Waals surface area contributed by atoms with Crippen LogP contribution >= 0.6 is 15.9 Å². The van der Waals surface area contributed by atoms with Gasteiger partial charge in [-0.2, -0.15) is 13.2 Å². The van der Waals surface area contributed by atoms with Gasteiger partial charge in [0.1, 0.15) is 5.54 Å². The van der Waals surface area contributed by atoms with Crippen LogP contribution in [0.25, 0.3) is 0 Å². The van der Waals surface area contributed by atoms with Crippen LogP contribution < -0.4 is 5.32 Å². The normalized spacial score (nSPS) is 12.0. The summed E-state index contributed by atoms with van der Waals surface area (Å²) in [7, 11) is 1.15. The molecule has 0 saturated carbocycles. The molecular formula is C13H13BrF3NO3. The van der Waals surface area contributed by atoms with Crippen molar-refractivity contribution in [3.8, 4) is 0 Å². The zero-order chi connectivity index (χ0) is 16.4. The first-order valence-electron chi connectivity index (χ1n) is 5.76. The van der Waals surface area contributed by atoms with Crippen molar-refractivity contribution in [3.63, 3.8) is 0 Å². The number of nitrogens with one attached hydrogen (secondary N) is 1. The molecule has 0 fully saturated rings. The van der Waals surface area contributed by atoms with Crippen molar-refractivity contribution in [1.29, 1.82) is 0 Å². The molecule has 1 N–H and O–H groups in total. The van der Waals surface area contributed by atoms with Crippen LogP contribution in [0.2, 0.25) is 0 Å². The zero-order valence-corrected chi connectivity index (χ0v) is 13.1. The van der Waals surface area contributed by atoms with Gasteiger partial charge in [0, 0.05) is 10.0 Å². The Kier molecular flexibility index (Phi) is 5.03. The van der Waals surface area contributed by atoms with E-state index in [1.54, 1.807) is 0 Å². The molecule has 1 rings (SSSR count). The van der Waals surface area contributed by atoms with Crippen LogP contribution in [0.1, 0.15) is 29.8 Å². The number of halogens is 4. The molecule has 1 aromatic carbocycles. The first kappa shape index (κ1) is 17.5. The second-order valence-electron chi connectivity index (χ2n) is 4.76. The molecule has 116 valence electrons. The number of carbonyl (C=O) groups is 2. The van der Waals surface area contributed by atoms with E-state index in [1.165, 1.54) is 19.9 Å². The van der Waals surface area contributed by atoms with Gasteiger partial charge < -0.3 is 10.1 Å². The summed E-state index contributed by atoms with van der Waals surface area (Å²) in [6.07, 6.45) is -4.59. The smallest absolute Gasteiger partial charge is 0.417 e. The van der Waals surface area contributed by atoms with Crippen molar-refractivity contribution in [2.24, 2.45) is 0 Å². The molecule has 0 aromatic heterocycles. The highest BCUT2D eigenvalue weighted by Crippen LogP contribution is 2.35. The molecule has 0 saturated heterocycles. The molecule has 8 heteroatoms. The quantitative estimate of drug-likeness (QED) is 0.835. The molecule has 0 bridgehead atoms. The largest absolute Gasteiger partial charge is 0.467 e. The molecule has 1 aromatic rings. The predicted molar refractivity (Wildman–Crippen MR) is 72.7 cm³/mol. The summed E-state index contributed by atoms with van der Waals surface area (Å²) in [5.74, 6) is -1.51. The summed E-state index contributed by atoms with van der Waals surface area (Å²) in [6.45, 7) is 2.78. The molecule has 21 heavy (non-hydrogen) atoms. The third kappa shape index (κ3) is 4.20. The number of rotatable bonds is 3. The Morgan fingerprint density at radius 3 is 2.29 bits per heavy atom. The van der Waals surface area contributed by atoms with E-state index >= 15 is 0 Å². The van der Waals surface area contributed by atoms with Crippen molar-refractivity contribution in [1.82, 2.24) is 5.32 Å². The molecule has 0 spiro atoms. The first-order chi connectivity index (χ1) is 9.49. The Balaban J connectivity index is 3.07. The summed E-state index contributed by atoms with van der Waals surface area (Å²) < 4.78 is 42.7. The lowest BCUT2D eigenvalue weighted by Crippen LogP contribution is -2.50. The number of benzene rings is 1. The maximum Gasteiger partial charge on any atom is 0.417 e. The maximum absolute atomic E-state index is 12.8. The van der Waals surface area contributed by atoms with E-state index in [-0.39, 0.29) is 10.0 Å².